The van der Waals surface area contributed by atoms with E-state index in [1.165, 1.54) is 0 Å². The Morgan fingerprint density at radius 1 is 1.09 bits per heavy atom. The molecule has 0 aliphatic carbocycles. The molecule has 0 unspecified atom stereocenters. The molecular formula is C17H17IN2O3. The summed E-state index contributed by atoms with van der Waals surface area (Å²) in [7, 11) is 0. The zero-order chi connectivity index (χ0) is 16.8. The highest BCUT2D eigenvalue weighted by Crippen LogP contribution is 2.19. The number of urea groups is 1. The maximum Gasteiger partial charge on any atom is 0.325 e. The number of amides is 3. The number of halogens is 1. The Labute approximate surface area is 148 Å². The van der Waals surface area contributed by atoms with Crippen LogP contribution in [-0.4, -0.2) is 18.5 Å². The maximum absolute atomic E-state index is 11.8. The second-order valence-electron chi connectivity index (χ2n) is 5.02. The smallest absolute Gasteiger partial charge is 0.325 e. The lowest BCUT2D eigenvalue weighted by molar-refractivity contribution is -0.121. The topological polar surface area (TPSA) is 67.4 Å². The molecular weight excluding hydrogens is 407 g/mol. The number of para-hydroxylation sites is 1. The van der Waals surface area contributed by atoms with E-state index in [1.807, 2.05) is 44.2 Å². The highest BCUT2D eigenvalue weighted by atomic mass is 127. The van der Waals surface area contributed by atoms with Crippen LogP contribution < -0.4 is 15.4 Å². The highest BCUT2D eigenvalue weighted by molar-refractivity contribution is 14.1. The van der Waals surface area contributed by atoms with Gasteiger partial charge in [0.25, 0.3) is 5.91 Å². The molecule has 0 aliphatic heterocycles. The second kappa shape index (κ2) is 7.96. The number of rotatable bonds is 4. The van der Waals surface area contributed by atoms with Crippen molar-refractivity contribution in [2.75, 3.05) is 11.9 Å². The molecule has 0 radical (unpaired) electrons. The molecule has 5 nitrogen and oxygen atoms in total. The molecule has 0 atom stereocenters. The molecule has 120 valence electrons. The fraction of sp³-hybridized carbons (Fsp3) is 0.176. The molecule has 2 N–H and O–H groups in total. The summed E-state index contributed by atoms with van der Waals surface area (Å²) in [6.45, 7) is 3.73. The summed E-state index contributed by atoms with van der Waals surface area (Å²) in [5.74, 6) is 0.101. The molecule has 0 bridgehead atoms. The third-order valence-electron chi connectivity index (χ3n) is 3.21. The Morgan fingerprint density at radius 2 is 1.83 bits per heavy atom. The molecule has 23 heavy (non-hydrogen) atoms. The fourth-order valence-corrected chi connectivity index (χ4v) is 2.39. The predicted octanol–water partition coefficient (Wildman–Crippen LogP) is 3.64. The Hall–Kier alpha value is -2.09. The minimum absolute atomic E-state index is 0.222. The summed E-state index contributed by atoms with van der Waals surface area (Å²) in [5.41, 5.74) is 2.84. The van der Waals surface area contributed by atoms with Crippen molar-refractivity contribution in [2.45, 2.75) is 13.8 Å². The molecule has 0 fully saturated rings. The third kappa shape index (κ3) is 5.24. The van der Waals surface area contributed by atoms with E-state index in [0.29, 0.717) is 11.4 Å². The van der Waals surface area contributed by atoms with Gasteiger partial charge >= 0.3 is 6.03 Å². The van der Waals surface area contributed by atoms with Crippen LogP contribution in [0.25, 0.3) is 0 Å². The lowest BCUT2D eigenvalue weighted by Gasteiger charge is -2.10. The monoisotopic (exact) mass is 424 g/mol. The first-order chi connectivity index (χ1) is 11.0. The van der Waals surface area contributed by atoms with E-state index in [2.05, 4.69) is 33.2 Å². The van der Waals surface area contributed by atoms with Gasteiger partial charge in [-0.25, -0.2) is 4.79 Å². The van der Waals surface area contributed by atoms with Gasteiger partial charge in [-0.1, -0.05) is 18.2 Å². The number of nitrogens with one attached hydrogen (secondary N) is 2. The number of carbonyl (C=O) groups is 2. The molecule has 0 aromatic heterocycles. The number of imide groups is 1. The van der Waals surface area contributed by atoms with Crippen LogP contribution in [0.15, 0.2) is 42.5 Å². The summed E-state index contributed by atoms with van der Waals surface area (Å²) < 4.78 is 6.29. The van der Waals surface area contributed by atoms with E-state index in [4.69, 9.17) is 4.74 Å². The van der Waals surface area contributed by atoms with E-state index < -0.39 is 11.9 Å². The van der Waals surface area contributed by atoms with Gasteiger partial charge in [-0.2, -0.15) is 0 Å². The van der Waals surface area contributed by atoms with Crippen molar-refractivity contribution >= 4 is 40.2 Å². The minimum Gasteiger partial charge on any atom is -0.483 e. The van der Waals surface area contributed by atoms with Crippen molar-refractivity contribution < 1.29 is 14.3 Å². The summed E-state index contributed by atoms with van der Waals surface area (Å²) in [6.07, 6.45) is 0. The standard InChI is InChI=1S/C17H17IN2O3/c1-11-7-8-13(9-12(11)2)19-17(22)20-16(21)10-23-15-6-4-3-5-14(15)18/h3-9H,10H2,1-2H3,(H2,19,20,21,22). The molecule has 0 heterocycles. The Kier molecular flexibility index (Phi) is 5.97. The summed E-state index contributed by atoms with van der Waals surface area (Å²) in [6, 6.07) is 12.3. The van der Waals surface area contributed by atoms with Gasteiger partial charge in [0.15, 0.2) is 6.61 Å². The van der Waals surface area contributed by atoms with Crippen molar-refractivity contribution in [1.29, 1.82) is 0 Å². The van der Waals surface area contributed by atoms with Crippen LogP contribution in [0.2, 0.25) is 0 Å². The first-order valence-corrected chi connectivity index (χ1v) is 8.09. The molecule has 2 aromatic rings. The molecule has 2 aromatic carbocycles. The molecule has 3 amide bonds. The van der Waals surface area contributed by atoms with Crippen LogP contribution in [0.1, 0.15) is 11.1 Å². The molecule has 0 aliphatic rings. The SMILES string of the molecule is Cc1ccc(NC(=O)NC(=O)COc2ccccc2I)cc1C. The number of benzene rings is 2. The van der Waals surface area contributed by atoms with Crippen LogP contribution in [-0.2, 0) is 4.79 Å². The van der Waals surface area contributed by atoms with E-state index in [1.54, 1.807) is 12.1 Å². The van der Waals surface area contributed by atoms with Gasteiger partial charge in [0.05, 0.1) is 3.57 Å². The number of ether oxygens (including phenoxy) is 1. The number of hydrogen-bond acceptors (Lipinski definition) is 3. The average Bonchev–Trinajstić information content (AvgIpc) is 2.50. The normalized spacial score (nSPS) is 10.0. The number of carbonyl (C=O) groups excluding carboxylic acids is 2. The van der Waals surface area contributed by atoms with Gasteiger partial charge in [-0.15, -0.1) is 0 Å². The quantitative estimate of drug-likeness (QED) is 0.737. The van der Waals surface area contributed by atoms with Gasteiger partial charge in [-0.05, 0) is 71.8 Å². The molecule has 0 saturated heterocycles. The lowest BCUT2D eigenvalue weighted by Crippen LogP contribution is -2.37. The van der Waals surface area contributed by atoms with Crippen LogP contribution in [0, 0.1) is 17.4 Å². The van der Waals surface area contributed by atoms with E-state index >= 15 is 0 Å². The highest BCUT2D eigenvalue weighted by Gasteiger charge is 2.10. The third-order valence-corrected chi connectivity index (χ3v) is 4.10. The minimum atomic E-state index is -0.579. The van der Waals surface area contributed by atoms with Gasteiger partial charge in [-0.3, -0.25) is 10.1 Å². The first-order valence-electron chi connectivity index (χ1n) is 7.01. The van der Waals surface area contributed by atoms with E-state index in [0.717, 1.165) is 14.7 Å². The summed E-state index contributed by atoms with van der Waals surface area (Å²) in [4.78, 5) is 23.5. The first kappa shape index (κ1) is 17.3. The van der Waals surface area contributed by atoms with Crippen LogP contribution in [0.4, 0.5) is 10.5 Å². The van der Waals surface area contributed by atoms with Crippen molar-refractivity contribution in [3.05, 3.63) is 57.2 Å². The van der Waals surface area contributed by atoms with Crippen molar-refractivity contribution in [3.63, 3.8) is 0 Å². The van der Waals surface area contributed by atoms with E-state index in [9.17, 15) is 9.59 Å². The van der Waals surface area contributed by atoms with Crippen molar-refractivity contribution in [1.82, 2.24) is 5.32 Å². The lowest BCUT2D eigenvalue weighted by atomic mass is 10.1. The zero-order valence-corrected chi connectivity index (χ0v) is 15.0. The summed E-state index contributed by atoms with van der Waals surface area (Å²) >= 11 is 2.12. The maximum atomic E-state index is 11.8. The largest absolute Gasteiger partial charge is 0.483 e. The van der Waals surface area contributed by atoms with Gasteiger partial charge in [0.2, 0.25) is 0 Å². The van der Waals surface area contributed by atoms with Gasteiger partial charge in [0.1, 0.15) is 5.75 Å². The molecule has 0 saturated carbocycles. The van der Waals surface area contributed by atoms with Gasteiger partial charge in [0, 0.05) is 5.69 Å². The Morgan fingerprint density at radius 3 is 2.52 bits per heavy atom. The molecule has 0 spiro atoms. The van der Waals surface area contributed by atoms with Crippen LogP contribution in [0.3, 0.4) is 0 Å². The molecule has 2 rings (SSSR count). The number of anilines is 1. The van der Waals surface area contributed by atoms with E-state index in [-0.39, 0.29) is 6.61 Å². The number of aryl methyl sites for hydroxylation is 2. The van der Waals surface area contributed by atoms with Crippen molar-refractivity contribution in [2.24, 2.45) is 0 Å². The predicted molar refractivity (Wildman–Crippen MR) is 97.7 cm³/mol. The molecule has 6 heteroatoms. The Bertz CT molecular complexity index is 732. The van der Waals surface area contributed by atoms with Gasteiger partial charge < -0.3 is 10.1 Å². The fourth-order valence-electron chi connectivity index (χ4n) is 1.85. The average molecular weight is 424 g/mol. The van der Waals surface area contributed by atoms with Crippen LogP contribution in [0.5, 0.6) is 5.75 Å². The zero-order valence-electron chi connectivity index (χ0n) is 12.9. The summed E-state index contributed by atoms with van der Waals surface area (Å²) in [5, 5.41) is 4.86. The number of hydrogen-bond donors (Lipinski definition) is 2. The van der Waals surface area contributed by atoms with Crippen LogP contribution >= 0.6 is 22.6 Å². The Balaban J connectivity index is 1.84. The second-order valence-corrected chi connectivity index (χ2v) is 6.18. The van der Waals surface area contributed by atoms with Crippen molar-refractivity contribution in [3.8, 4) is 5.75 Å².